The van der Waals surface area contributed by atoms with E-state index in [9.17, 15) is 0 Å². The van der Waals surface area contributed by atoms with Crippen molar-refractivity contribution in [2.75, 3.05) is 12.4 Å². The van der Waals surface area contributed by atoms with Crippen LogP contribution in [0.2, 0.25) is 5.28 Å². The van der Waals surface area contributed by atoms with Crippen molar-refractivity contribution in [2.45, 2.75) is 0 Å². The van der Waals surface area contributed by atoms with Crippen molar-refractivity contribution in [3.8, 4) is 5.75 Å². The first-order valence-corrected chi connectivity index (χ1v) is 5.42. The summed E-state index contributed by atoms with van der Waals surface area (Å²) in [6.45, 7) is 0. The molecule has 0 fully saturated rings. The Morgan fingerprint density at radius 2 is 2.06 bits per heavy atom. The van der Waals surface area contributed by atoms with Crippen molar-refractivity contribution in [3.63, 3.8) is 0 Å². The molecule has 1 aromatic heterocycles. The predicted molar refractivity (Wildman–Crippen MR) is 68.1 cm³/mol. The number of halogens is 1. The second-order valence-electron chi connectivity index (χ2n) is 3.34. The van der Waals surface area contributed by atoms with Gasteiger partial charge in [-0.2, -0.15) is 10.1 Å². The van der Waals surface area contributed by atoms with Crippen LogP contribution >= 0.6 is 11.6 Å². The van der Waals surface area contributed by atoms with Gasteiger partial charge in [-0.25, -0.2) is 10.5 Å². The minimum atomic E-state index is 0.0958. The average molecular weight is 264 g/mol. The molecule has 0 amide bonds. The Morgan fingerprint density at radius 1 is 1.33 bits per heavy atom. The fraction of sp³-hybridized carbons (Fsp3) is 0.0909. The molecule has 0 unspecified atom stereocenters. The van der Waals surface area contributed by atoms with Gasteiger partial charge in [0, 0.05) is 5.69 Å². The van der Waals surface area contributed by atoms with Crippen LogP contribution in [-0.2, 0) is 0 Å². The molecule has 0 atom stereocenters. The smallest absolute Gasteiger partial charge is 0.224 e. The number of aromatic nitrogens is 2. The van der Waals surface area contributed by atoms with E-state index in [4.69, 9.17) is 21.9 Å². The topological polar surface area (TPSA) is 83.2 Å². The highest BCUT2D eigenvalue weighted by Gasteiger charge is 2.06. The molecule has 1 aromatic carbocycles. The summed E-state index contributed by atoms with van der Waals surface area (Å²) in [5, 5.41) is 6.43. The Kier molecular flexibility index (Phi) is 3.69. The number of hydrogen-bond donors (Lipinski definition) is 2. The summed E-state index contributed by atoms with van der Waals surface area (Å²) in [6.07, 6.45) is 1.38. The van der Waals surface area contributed by atoms with Crippen LogP contribution < -0.4 is 10.1 Å². The van der Waals surface area contributed by atoms with Gasteiger partial charge >= 0.3 is 0 Å². The molecule has 0 saturated carbocycles. The first kappa shape index (κ1) is 12.3. The van der Waals surface area contributed by atoms with Crippen LogP contribution in [0.3, 0.4) is 0 Å². The van der Waals surface area contributed by atoms with Crippen LogP contribution in [0.5, 0.6) is 5.75 Å². The third-order valence-corrected chi connectivity index (χ3v) is 2.40. The molecule has 0 aliphatic rings. The first-order valence-electron chi connectivity index (χ1n) is 5.04. The van der Waals surface area contributed by atoms with E-state index in [2.05, 4.69) is 20.4 Å². The van der Waals surface area contributed by atoms with Gasteiger partial charge in [-0.3, -0.25) is 0 Å². The molecule has 0 radical (unpaired) electrons. The minimum Gasteiger partial charge on any atom is -0.497 e. The largest absolute Gasteiger partial charge is 0.497 e. The molecule has 6 nitrogen and oxygen atoms in total. The molecule has 0 bridgehead atoms. The summed E-state index contributed by atoms with van der Waals surface area (Å²) in [6, 6.07) is 7.26. The predicted octanol–water partition coefficient (Wildman–Crippen LogP) is 3.54. The monoisotopic (exact) mass is 263 g/mol. The Bertz CT molecular complexity index is 558. The minimum absolute atomic E-state index is 0.0958. The highest BCUT2D eigenvalue weighted by molar-refractivity contribution is 6.28. The van der Waals surface area contributed by atoms with Gasteiger partial charge in [0.1, 0.15) is 11.4 Å². The van der Waals surface area contributed by atoms with E-state index in [1.54, 1.807) is 7.11 Å². The summed E-state index contributed by atoms with van der Waals surface area (Å²) >= 11 is 5.70. The first-order chi connectivity index (χ1) is 8.72. The standard InChI is InChI=1S/C11H10ClN5O/c1-18-8-4-2-7(3-5-8)15-10-9(17-13)6-14-11(12)16-10/h2-6,13H,1H3,(H,14,15,16). The number of hydrogen-bond acceptors (Lipinski definition) is 6. The SMILES string of the molecule is COc1ccc(Nc2nc(Cl)ncc2N=N)cc1. The molecular formula is C11H10ClN5O. The van der Waals surface area contributed by atoms with E-state index in [-0.39, 0.29) is 5.28 Å². The van der Waals surface area contributed by atoms with Crippen LogP contribution in [0, 0.1) is 5.53 Å². The van der Waals surface area contributed by atoms with Crippen LogP contribution in [-0.4, -0.2) is 17.1 Å². The zero-order valence-electron chi connectivity index (χ0n) is 9.51. The molecule has 2 rings (SSSR count). The van der Waals surface area contributed by atoms with E-state index in [0.717, 1.165) is 11.4 Å². The Labute approximate surface area is 108 Å². The molecule has 2 aromatic rings. The molecule has 0 spiro atoms. The Morgan fingerprint density at radius 3 is 2.67 bits per heavy atom. The number of benzene rings is 1. The highest BCUT2D eigenvalue weighted by Crippen LogP contribution is 2.26. The van der Waals surface area contributed by atoms with Crippen molar-refractivity contribution in [1.82, 2.24) is 9.97 Å². The third-order valence-electron chi connectivity index (χ3n) is 2.21. The molecule has 2 N–H and O–H groups in total. The lowest BCUT2D eigenvalue weighted by Gasteiger charge is -2.08. The molecule has 18 heavy (non-hydrogen) atoms. The fourth-order valence-electron chi connectivity index (χ4n) is 1.34. The van der Waals surface area contributed by atoms with Gasteiger partial charge in [0.2, 0.25) is 5.28 Å². The van der Waals surface area contributed by atoms with Crippen molar-refractivity contribution >= 4 is 28.8 Å². The third kappa shape index (κ3) is 2.72. The van der Waals surface area contributed by atoms with Crippen LogP contribution in [0.1, 0.15) is 0 Å². The summed E-state index contributed by atoms with van der Waals surface area (Å²) in [5.74, 6) is 1.14. The quantitative estimate of drug-likeness (QED) is 0.653. The maximum atomic E-state index is 7.03. The van der Waals surface area contributed by atoms with E-state index >= 15 is 0 Å². The number of ether oxygens (including phenoxy) is 1. The zero-order chi connectivity index (χ0) is 13.0. The van der Waals surface area contributed by atoms with Gasteiger partial charge in [0.05, 0.1) is 13.3 Å². The molecule has 1 heterocycles. The molecule has 7 heteroatoms. The average Bonchev–Trinajstić information content (AvgIpc) is 2.40. The van der Waals surface area contributed by atoms with Crippen LogP contribution in [0.4, 0.5) is 17.2 Å². The number of nitrogens with one attached hydrogen (secondary N) is 2. The van der Waals surface area contributed by atoms with Crippen LogP contribution in [0.25, 0.3) is 0 Å². The summed E-state index contributed by atoms with van der Waals surface area (Å²) in [7, 11) is 1.60. The van der Waals surface area contributed by atoms with Gasteiger partial charge in [-0.05, 0) is 35.9 Å². The van der Waals surface area contributed by atoms with Gasteiger partial charge in [0.15, 0.2) is 5.82 Å². The highest BCUT2D eigenvalue weighted by atomic mass is 35.5. The van der Waals surface area contributed by atoms with E-state index in [1.807, 2.05) is 24.3 Å². The lowest BCUT2D eigenvalue weighted by molar-refractivity contribution is 0.415. The summed E-state index contributed by atoms with van der Waals surface area (Å²) < 4.78 is 5.06. The number of rotatable bonds is 4. The maximum Gasteiger partial charge on any atom is 0.224 e. The Hall–Kier alpha value is -2.21. The van der Waals surface area contributed by atoms with Crippen molar-refractivity contribution < 1.29 is 4.74 Å². The van der Waals surface area contributed by atoms with E-state index in [1.165, 1.54) is 6.20 Å². The lowest BCUT2D eigenvalue weighted by atomic mass is 10.3. The normalized spacial score (nSPS) is 9.89. The summed E-state index contributed by atoms with van der Waals surface area (Å²) in [4.78, 5) is 7.74. The lowest BCUT2D eigenvalue weighted by Crippen LogP contribution is -1.95. The number of nitrogens with zero attached hydrogens (tertiary/aromatic N) is 3. The van der Waals surface area contributed by atoms with E-state index in [0.29, 0.717) is 11.5 Å². The van der Waals surface area contributed by atoms with Gasteiger partial charge < -0.3 is 10.1 Å². The summed E-state index contributed by atoms with van der Waals surface area (Å²) in [5.41, 5.74) is 8.13. The fourth-order valence-corrected chi connectivity index (χ4v) is 1.47. The molecule has 0 saturated heterocycles. The number of anilines is 2. The second kappa shape index (κ2) is 5.42. The maximum absolute atomic E-state index is 7.03. The van der Waals surface area contributed by atoms with Crippen molar-refractivity contribution in [1.29, 1.82) is 5.53 Å². The Balaban J connectivity index is 2.27. The van der Waals surface area contributed by atoms with Crippen molar-refractivity contribution in [3.05, 3.63) is 35.7 Å². The van der Waals surface area contributed by atoms with Gasteiger partial charge in [0.25, 0.3) is 0 Å². The molecule has 0 aliphatic carbocycles. The van der Waals surface area contributed by atoms with E-state index < -0.39 is 0 Å². The molecule has 92 valence electrons. The van der Waals surface area contributed by atoms with Gasteiger partial charge in [-0.15, -0.1) is 0 Å². The van der Waals surface area contributed by atoms with Crippen LogP contribution in [0.15, 0.2) is 35.6 Å². The molecule has 0 aliphatic heterocycles. The second-order valence-corrected chi connectivity index (χ2v) is 3.68. The van der Waals surface area contributed by atoms with Crippen molar-refractivity contribution in [2.24, 2.45) is 5.11 Å². The number of methoxy groups -OCH3 is 1. The zero-order valence-corrected chi connectivity index (χ0v) is 10.3. The molecular weight excluding hydrogens is 254 g/mol. The van der Waals surface area contributed by atoms with Gasteiger partial charge in [-0.1, -0.05) is 0 Å².